The summed E-state index contributed by atoms with van der Waals surface area (Å²) in [5.74, 6) is -0.844. The summed E-state index contributed by atoms with van der Waals surface area (Å²) < 4.78 is 53.9. The van der Waals surface area contributed by atoms with Crippen LogP contribution in [0.25, 0.3) is 11.1 Å². The van der Waals surface area contributed by atoms with Crippen LogP contribution in [-0.4, -0.2) is 6.36 Å². The Bertz CT molecular complexity index is 620. The molecule has 2 N–H and O–H groups in total. The molecule has 0 aromatic heterocycles. The zero-order valence-corrected chi connectivity index (χ0v) is 10.5. The summed E-state index contributed by atoms with van der Waals surface area (Å²) in [7, 11) is 0. The van der Waals surface area contributed by atoms with E-state index in [9.17, 15) is 17.6 Å². The van der Waals surface area contributed by atoms with Crippen molar-refractivity contribution in [2.24, 2.45) is 0 Å². The largest absolute Gasteiger partial charge is 0.573 e. The number of hydrogen-bond acceptors (Lipinski definition) is 2. The van der Waals surface area contributed by atoms with Crippen LogP contribution < -0.4 is 10.5 Å². The average Bonchev–Trinajstić information content (AvgIpc) is 2.36. The summed E-state index contributed by atoms with van der Waals surface area (Å²) >= 11 is 0. The first kappa shape index (κ1) is 14.2. The number of benzene rings is 2. The molecule has 0 fully saturated rings. The van der Waals surface area contributed by atoms with Gasteiger partial charge in [-0.1, -0.05) is 12.1 Å². The highest BCUT2D eigenvalue weighted by atomic mass is 19.4. The lowest BCUT2D eigenvalue weighted by molar-refractivity contribution is -0.274. The number of ether oxygens (including phenoxy) is 1. The highest BCUT2D eigenvalue weighted by Gasteiger charge is 2.31. The number of nitrogen functional groups attached to an aromatic ring is 1. The molecule has 0 radical (unpaired) electrons. The summed E-state index contributed by atoms with van der Waals surface area (Å²) in [5, 5.41) is 0. The molecule has 6 heteroatoms. The van der Waals surface area contributed by atoms with Gasteiger partial charge in [0.15, 0.2) is 0 Å². The highest BCUT2D eigenvalue weighted by Crippen LogP contribution is 2.30. The van der Waals surface area contributed by atoms with Gasteiger partial charge in [-0.05, 0) is 36.8 Å². The second-order valence-electron chi connectivity index (χ2n) is 4.21. The first-order valence-electron chi connectivity index (χ1n) is 5.68. The van der Waals surface area contributed by atoms with Crippen LogP contribution in [0.4, 0.5) is 23.2 Å². The van der Waals surface area contributed by atoms with E-state index in [-0.39, 0.29) is 11.3 Å². The molecule has 0 unspecified atom stereocenters. The van der Waals surface area contributed by atoms with Crippen LogP contribution >= 0.6 is 0 Å². The average molecular weight is 285 g/mol. The molecule has 0 aliphatic rings. The van der Waals surface area contributed by atoms with Gasteiger partial charge in [0.1, 0.15) is 11.6 Å². The zero-order chi connectivity index (χ0) is 14.9. The van der Waals surface area contributed by atoms with Crippen LogP contribution in [0.1, 0.15) is 5.56 Å². The van der Waals surface area contributed by atoms with Gasteiger partial charge in [-0.3, -0.25) is 0 Å². The van der Waals surface area contributed by atoms with Gasteiger partial charge in [0.25, 0.3) is 0 Å². The summed E-state index contributed by atoms with van der Waals surface area (Å²) in [4.78, 5) is 0. The van der Waals surface area contributed by atoms with Gasteiger partial charge in [0.05, 0.1) is 0 Å². The quantitative estimate of drug-likeness (QED) is 0.660. The van der Waals surface area contributed by atoms with Crippen LogP contribution in [0.2, 0.25) is 0 Å². The van der Waals surface area contributed by atoms with Crippen molar-refractivity contribution in [2.75, 3.05) is 5.73 Å². The molecule has 0 amide bonds. The van der Waals surface area contributed by atoms with Gasteiger partial charge in [0.2, 0.25) is 0 Å². The molecule has 0 spiro atoms. The number of nitrogens with two attached hydrogens (primary N) is 1. The van der Waals surface area contributed by atoms with Crippen molar-refractivity contribution in [3.8, 4) is 16.9 Å². The summed E-state index contributed by atoms with van der Waals surface area (Å²) in [5.41, 5.74) is 6.92. The first-order chi connectivity index (χ1) is 9.28. The van der Waals surface area contributed by atoms with Crippen LogP contribution in [0, 0.1) is 12.7 Å². The third-order valence-corrected chi connectivity index (χ3v) is 2.83. The van der Waals surface area contributed by atoms with Gasteiger partial charge < -0.3 is 10.5 Å². The van der Waals surface area contributed by atoms with E-state index in [4.69, 9.17) is 5.73 Å². The molecular formula is C14H11F4NO. The fourth-order valence-corrected chi connectivity index (χ4v) is 1.76. The third kappa shape index (κ3) is 3.01. The Morgan fingerprint density at radius 1 is 1.00 bits per heavy atom. The van der Waals surface area contributed by atoms with Crippen LogP contribution in [0.3, 0.4) is 0 Å². The van der Waals surface area contributed by atoms with E-state index in [1.54, 1.807) is 6.07 Å². The van der Waals surface area contributed by atoms with Gasteiger partial charge >= 0.3 is 6.36 Å². The fourth-order valence-electron chi connectivity index (χ4n) is 1.76. The van der Waals surface area contributed by atoms with E-state index >= 15 is 0 Å². The third-order valence-electron chi connectivity index (χ3n) is 2.83. The number of halogens is 4. The minimum absolute atomic E-state index is 0.273. The van der Waals surface area contributed by atoms with Gasteiger partial charge in [-0.2, -0.15) is 0 Å². The standard InChI is InChI=1S/C14H11F4NO/c1-8-12(19)7-6-11(13(8)15)9-2-4-10(5-3-9)20-14(16,17)18/h2-7H,19H2,1H3. The lowest BCUT2D eigenvalue weighted by Gasteiger charge is -2.11. The second kappa shape index (κ2) is 5.03. The van der Waals surface area contributed by atoms with E-state index in [0.717, 1.165) is 12.1 Å². The van der Waals surface area contributed by atoms with Crippen molar-refractivity contribution in [1.82, 2.24) is 0 Å². The van der Waals surface area contributed by atoms with Crippen molar-refractivity contribution >= 4 is 5.69 Å². The van der Waals surface area contributed by atoms with Crippen LogP contribution in [0.5, 0.6) is 5.75 Å². The second-order valence-corrected chi connectivity index (χ2v) is 4.21. The Morgan fingerprint density at radius 2 is 1.60 bits per heavy atom. The fraction of sp³-hybridized carbons (Fsp3) is 0.143. The molecular weight excluding hydrogens is 274 g/mol. The summed E-state index contributed by atoms with van der Waals surface area (Å²) in [6.07, 6.45) is -4.75. The highest BCUT2D eigenvalue weighted by molar-refractivity contribution is 5.69. The molecule has 2 rings (SSSR count). The normalized spacial score (nSPS) is 11.4. The topological polar surface area (TPSA) is 35.2 Å². The number of alkyl halides is 3. The molecule has 0 heterocycles. The molecule has 2 aromatic carbocycles. The molecule has 106 valence electrons. The lowest BCUT2D eigenvalue weighted by Crippen LogP contribution is -2.16. The smallest absolute Gasteiger partial charge is 0.406 e. The van der Waals surface area contributed by atoms with E-state index in [1.807, 2.05) is 0 Å². The molecule has 20 heavy (non-hydrogen) atoms. The Morgan fingerprint density at radius 3 is 2.15 bits per heavy atom. The molecule has 2 nitrogen and oxygen atoms in total. The maximum absolute atomic E-state index is 14.0. The van der Waals surface area contributed by atoms with Crippen LogP contribution in [0.15, 0.2) is 36.4 Å². The number of anilines is 1. The Labute approximate surface area is 112 Å². The van der Waals surface area contributed by atoms with Crippen molar-refractivity contribution in [2.45, 2.75) is 13.3 Å². The molecule has 0 atom stereocenters. The van der Waals surface area contributed by atoms with E-state index in [0.29, 0.717) is 16.8 Å². The van der Waals surface area contributed by atoms with Gasteiger partial charge in [0, 0.05) is 16.8 Å². The van der Waals surface area contributed by atoms with Crippen molar-refractivity contribution in [3.63, 3.8) is 0 Å². The first-order valence-corrected chi connectivity index (χ1v) is 5.68. The minimum atomic E-state index is -4.75. The Balaban J connectivity index is 2.33. The maximum Gasteiger partial charge on any atom is 0.573 e. The van der Waals surface area contributed by atoms with E-state index in [1.165, 1.54) is 25.1 Å². The maximum atomic E-state index is 14.0. The lowest BCUT2D eigenvalue weighted by atomic mass is 10.0. The summed E-state index contributed by atoms with van der Waals surface area (Å²) in [6, 6.07) is 8.01. The molecule has 0 bridgehead atoms. The SMILES string of the molecule is Cc1c(N)ccc(-c2ccc(OC(F)(F)F)cc2)c1F. The van der Waals surface area contributed by atoms with Gasteiger partial charge in [-0.15, -0.1) is 13.2 Å². The Hall–Kier alpha value is -2.24. The van der Waals surface area contributed by atoms with Crippen LogP contribution in [-0.2, 0) is 0 Å². The van der Waals surface area contributed by atoms with Gasteiger partial charge in [-0.25, -0.2) is 4.39 Å². The molecule has 0 aliphatic carbocycles. The Kier molecular flexibility index (Phi) is 3.57. The zero-order valence-electron chi connectivity index (χ0n) is 10.5. The number of rotatable bonds is 2. The minimum Gasteiger partial charge on any atom is -0.406 e. The summed E-state index contributed by atoms with van der Waals surface area (Å²) in [6.45, 7) is 1.54. The predicted octanol–water partition coefficient (Wildman–Crippen LogP) is 4.28. The van der Waals surface area contributed by atoms with Crippen molar-refractivity contribution in [1.29, 1.82) is 0 Å². The van der Waals surface area contributed by atoms with E-state index in [2.05, 4.69) is 4.74 Å². The monoisotopic (exact) mass is 285 g/mol. The molecule has 0 saturated carbocycles. The molecule has 0 saturated heterocycles. The number of hydrogen-bond donors (Lipinski definition) is 1. The molecule has 0 aliphatic heterocycles. The van der Waals surface area contributed by atoms with Crippen molar-refractivity contribution in [3.05, 3.63) is 47.8 Å². The molecule has 2 aromatic rings. The van der Waals surface area contributed by atoms with E-state index < -0.39 is 12.2 Å². The van der Waals surface area contributed by atoms with Crippen molar-refractivity contribution < 1.29 is 22.3 Å². The predicted molar refractivity (Wildman–Crippen MR) is 67.7 cm³/mol.